The number of nitrogens with zero attached hydrogens (tertiary/aromatic N) is 2. The smallest absolute Gasteiger partial charge is 0.254 e. The summed E-state index contributed by atoms with van der Waals surface area (Å²) in [6, 6.07) is 17.0. The van der Waals surface area contributed by atoms with Crippen LogP contribution in [0.4, 0.5) is 10.1 Å². The highest BCUT2D eigenvalue weighted by Crippen LogP contribution is 2.33. The molecule has 0 saturated heterocycles. The lowest BCUT2D eigenvalue weighted by Crippen LogP contribution is -2.39. The van der Waals surface area contributed by atoms with Gasteiger partial charge in [0.25, 0.3) is 5.91 Å². The van der Waals surface area contributed by atoms with Gasteiger partial charge in [0.15, 0.2) is 0 Å². The molecule has 34 heavy (non-hydrogen) atoms. The van der Waals surface area contributed by atoms with Crippen LogP contribution in [0.2, 0.25) is 0 Å². The van der Waals surface area contributed by atoms with E-state index in [2.05, 4.69) is 34.9 Å². The first-order valence-electron chi connectivity index (χ1n) is 11.2. The van der Waals surface area contributed by atoms with Gasteiger partial charge in [0.1, 0.15) is 5.82 Å². The minimum absolute atomic E-state index is 0.0567. The fraction of sp³-hybridized carbons (Fsp3) is 0.192. The van der Waals surface area contributed by atoms with Gasteiger partial charge in [-0.3, -0.25) is 9.59 Å². The van der Waals surface area contributed by atoms with Crippen molar-refractivity contribution in [3.8, 4) is 5.69 Å². The molecule has 1 atom stereocenters. The van der Waals surface area contributed by atoms with Crippen molar-refractivity contribution in [2.24, 2.45) is 0 Å². The number of aromatic nitrogens is 2. The zero-order valence-electron chi connectivity index (χ0n) is 18.2. The largest absolute Gasteiger partial charge is 0.349 e. The van der Waals surface area contributed by atoms with E-state index in [1.54, 1.807) is 0 Å². The van der Waals surface area contributed by atoms with Crippen molar-refractivity contribution in [3.05, 3.63) is 83.4 Å². The fourth-order valence-electron chi connectivity index (χ4n) is 4.70. The summed E-state index contributed by atoms with van der Waals surface area (Å²) >= 11 is 1.27. The Balaban J connectivity index is 1.22. The van der Waals surface area contributed by atoms with Crippen LogP contribution in [0.5, 0.6) is 0 Å². The second-order valence-corrected chi connectivity index (χ2v) is 9.64. The standard InChI is InChI=1S/C26H21FN4O2S/c27-20-12-24-22(29-25(32)14-34-24)11-19(20)26(33)28-17-8-9-21-16(10-17)13-31(30-21)23-7-3-5-15-4-1-2-6-18(15)23/h1-7,11-13,17H,8-10,14H2,(H,28,33)(H,29,32). The molecule has 8 heteroatoms. The Labute approximate surface area is 199 Å². The number of fused-ring (bicyclic) bond motifs is 3. The molecule has 170 valence electrons. The topological polar surface area (TPSA) is 76.0 Å². The van der Waals surface area contributed by atoms with Crippen molar-refractivity contribution in [1.82, 2.24) is 15.1 Å². The molecule has 1 aliphatic heterocycles. The number of benzene rings is 3. The van der Waals surface area contributed by atoms with E-state index >= 15 is 0 Å². The Morgan fingerprint density at radius 2 is 2.03 bits per heavy atom. The van der Waals surface area contributed by atoms with E-state index in [9.17, 15) is 14.0 Å². The van der Waals surface area contributed by atoms with Crippen LogP contribution >= 0.6 is 11.8 Å². The number of rotatable bonds is 3. The van der Waals surface area contributed by atoms with Crippen molar-refractivity contribution in [2.75, 3.05) is 11.1 Å². The first kappa shape index (κ1) is 20.9. The van der Waals surface area contributed by atoms with E-state index in [4.69, 9.17) is 5.10 Å². The lowest BCUT2D eigenvalue weighted by atomic mass is 9.93. The quantitative estimate of drug-likeness (QED) is 0.461. The van der Waals surface area contributed by atoms with Gasteiger partial charge in [-0.05, 0) is 48.4 Å². The number of nitrogens with one attached hydrogen (secondary N) is 2. The summed E-state index contributed by atoms with van der Waals surface area (Å²) in [4.78, 5) is 25.2. The Bertz CT molecular complexity index is 1460. The van der Waals surface area contributed by atoms with E-state index in [1.165, 1.54) is 23.9 Å². The molecule has 2 heterocycles. The molecule has 4 aromatic rings. The van der Waals surface area contributed by atoms with Crippen LogP contribution in [0.1, 0.15) is 28.0 Å². The number of hydrogen-bond donors (Lipinski definition) is 2. The molecule has 2 N–H and O–H groups in total. The number of halogens is 1. The normalized spacial score (nSPS) is 17.1. The third kappa shape index (κ3) is 3.74. The Kier molecular flexibility index (Phi) is 5.10. The maximum absolute atomic E-state index is 14.6. The summed E-state index contributed by atoms with van der Waals surface area (Å²) in [5.41, 5.74) is 3.55. The summed E-state index contributed by atoms with van der Waals surface area (Å²) in [5.74, 6) is -0.965. The molecule has 0 spiro atoms. The number of anilines is 1. The summed E-state index contributed by atoms with van der Waals surface area (Å²) in [6.07, 6.45) is 4.12. The third-order valence-corrected chi connectivity index (χ3v) is 7.42. The van der Waals surface area contributed by atoms with E-state index in [1.807, 2.05) is 29.1 Å². The van der Waals surface area contributed by atoms with Crippen LogP contribution in [-0.4, -0.2) is 33.4 Å². The second kappa shape index (κ2) is 8.29. The number of thioether (sulfide) groups is 1. The minimum Gasteiger partial charge on any atom is -0.349 e. The van der Waals surface area contributed by atoms with Crippen LogP contribution in [0.15, 0.2) is 65.7 Å². The van der Waals surface area contributed by atoms with Crippen LogP contribution in [0.3, 0.4) is 0 Å². The minimum atomic E-state index is -0.583. The molecule has 0 saturated carbocycles. The Hall–Kier alpha value is -3.65. The van der Waals surface area contributed by atoms with Crippen molar-refractivity contribution in [3.63, 3.8) is 0 Å². The first-order chi connectivity index (χ1) is 16.5. The van der Waals surface area contributed by atoms with E-state index < -0.39 is 11.7 Å². The van der Waals surface area contributed by atoms with Crippen LogP contribution < -0.4 is 10.6 Å². The predicted molar refractivity (Wildman–Crippen MR) is 130 cm³/mol. The van der Waals surface area contributed by atoms with Gasteiger partial charge < -0.3 is 10.6 Å². The highest BCUT2D eigenvalue weighted by molar-refractivity contribution is 8.00. The molecule has 0 bridgehead atoms. The number of hydrogen-bond acceptors (Lipinski definition) is 4. The van der Waals surface area contributed by atoms with Crippen molar-refractivity contribution in [2.45, 2.75) is 30.2 Å². The molecular weight excluding hydrogens is 451 g/mol. The molecule has 6 nitrogen and oxygen atoms in total. The highest BCUT2D eigenvalue weighted by atomic mass is 32.2. The lowest BCUT2D eigenvalue weighted by Gasteiger charge is -2.23. The average Bonchev–Trinajstić information content (AvgIpc) is 3.26. The molecule has 2 amide bonds. The SMILES string of the molecule is O=C1CSc2cc(F)c(C(=O)NC3CCc4nn(-c5cccc6ccccc56)cc4C3)cc2N1. The number of aryl methyl sites for hydroxylation is 1. The maximum atomic E-state index is 14.6. The first-order valence-corrected chi connectivity index (χ1v) is 12.2. The van der Waals surface area contributed by atoms with E-state index in [0.29, 0.717) is 17.0 Å². The molecular formula is C26H21FN4O2S. The van der Waals surface area contributed by atoms with Gasteiger partial charge in [-0.1, -0.05) is 36.4 Å². The van der Waals surface area contributed by atoms with Crippen LogP contribution in [0, 0.1) is 5.82 Å². The monoisotopic (exact) mass is 472 g/mol. The molecule has 0 fully saturated rings. The summed E-state index contributed by atoms with van der Waals surface area (Å²) in [7, 11) is 0. The molecule has 2 aliphatic rings. The van der Waals surface area contributed by atoms with E-state index in [0.717, 1.165) is 40.6 Å². The maximum Gasteiger partial charge on any atom is 0.254 e. The Morgan fingerprint density at radius 3 is 2.94 bits per heavy atom. The zero-order valence-corrected chi connectivity index (χ0v) is 19.0. The molecule has 1 aromatic heterocycles. The average molecular weight is 473 g/mol. The van der Waals surface area contributed by atoms with Gasteiger partial charge in [-0.2, -0.15) is 5.10 Å². The highest BCUT2D eigenvalue weighted by Gasteiger charge is 2.26. The molecule has 3 aromatic carbocycles. The van der Waals surface area contributed by atoms with Crippen molar-refractivity contribution >= 4 is 40.0 Å². The summed E-state index contributed by atoms with van der Waals surface area (Å²) in [5, 5.41) is 12.8. The van der Waals surface area contributed by atoms with Gasteiger partial charge in [0.2, 0.25) is 5.91 Å². The fourth-order valence-corrected chi connectivity index (χ4v) is 5.51. The van der Waals surface area contributed by atoms with Crippen LogP contribution in [-0.2, 0) is 17.6 Å². The van der Waals surface area contributed by atoms with Gasteiger partial charge in [-0.25, -0.2) is 9.07 Å². The molecule has 6 rings (SSSR count). The van der Waals surface area contributed by atoms with Gasteiger partial charge in [0.05, 0.1) is 28.4 Å². The zero-order chi connectivity index (χ0) is 23.2. The summed E-state index contributed by atoms with van der Waals surface area (Å²) in [6.45, 7) is 0. The number of carbonyl (C=O) groups is 2. The molecule has 1 aliphatic carbocycles. The number of carbonyl (C=O) groups excluding carboxylic acids is 2. The Morgan fingerprint density at radius 1 is 1.18 bits per heavy atom. The third-order valence-electron chi connectivity index (χ3n) is 6.37. The second-order valence-electron chi connectivity index (χ2n) is 8.62. The summed E-state index contributed by atoms with van der Waals surface area (Å²) < 4.78 is 16.6. The molecule has 0 radical (unpaired) electrons. The van der Waals surface area contributed by atoms with Gasteiger partial charge in [-0.15, -0.1) is 11.8 Å². The van der Waals surface area contributed by atoms with Crippen LogP contribution in [0.25, 0.3) is 16.5 Å². The number of amides is 2. The lowest BCUT2D eigenvalue weighted by molar-refractivity contribution is -0.113. The predicted octanol–water partition coefficient (Wildman–Crippen LogP) is 4.50. The van der Waals surface area contributed by atoms with Gasteiger partial charge >= 0.3 is 0 Å². The molecule has 1 unspecified atom stereocenters. The van der Waals surface area contributed by atoms with Crippen molar-refractivity contribution in [1.29, 1.82) is 0 Å². The van der Waals surface area contributed by atoms with Crippen molar-refractivity contribution < 1.29 is 14.0 Å². The van der Waals surface area contributed by atoms with Gasteiger partial charge in [0, 0.05) is 22.5 Å². The van der Waals surface area contributed by atoms with E-state index in [-0.39, 0.29) is 23.3 Å².